The van der Waals surface area contributed by atoms with Crippen LogP contribution in [0.5, 0.6) is 5.75 Å². The number of phenols is 1. The zero-order chi connectivity index (χ0) is 21.8. The Morgan fingerprint density at radius 3 is 2.50 bits per heavy atom. The van der Waals surface area contributed by atoms with Gasteiger partial charge in [-0.15, -0.1) is 0 Å². The molecule has 0 saturated heterocycles. The Labute approximate surface area is 169 Å². The third kappa shape index (κ3) is 4.19. The minimum absolute atomic E-state index is 0.0474. The summed E-state index contributed by atoms with van der Waals surface area (Å²) in [7, 11) is 0. The number of non-ortho nitro benzene ring substituents is 1. The summed E-state index contributed by atoms with van der Waals surface area (Å²) in [5, 5.41) is 25.8. The van der Waals surface area contributed by atoms with Gasteiger partial charge in [0.15, 0.2) is 0 Å². The van der Waals surface area contributed by atoms with E-state index in [4.69, 9.17) is 0 Å². The van der Waals surface area contributed by atoms with Gasteiger partial charge in [-0.05, 0) is 24.6 Å². The van der Waals surface area contributed by atoms with Gasteiger partial charge in [0, 0.05) is 17.8 Å². The number of nitro groups is 1. The monoisotopic (exact) mass is 411 g/mol. The lowest BCUT2D eigenvalue weighted by Crippen LogP contribution is -2.50. The van der Waals surface area contributed by atoms with Crippen molar-refractivity contribution in [1.82, 2.24) is 21.5 Å². The molecule has 0 spiro atoms. The lowest BCUT2D eigenvalue weighted by Gasteiger charge is -2.28. The number of nitrogens with zero attached hydrogens (tertiary/aromatic N) is 1. The predicted octanol–water partition coefficient (Wildman–Crippen LogP) is 1.39. The quantitative estimate of drug-likeness (QED) is 0.377. The van der Waals surface area contributed by atoms with Crippen molar-refractivity contribution >= 4 is 23.5 Å². The minimum Gasteiger partial charge on any atom is -0.507 e. The fourth-order valence-electron chi connectivity index (χ4n) is 2.98. The first-order valence-corrected chi connectivity index (χ1v) is 8.69. The summed E-state index contributed by atoms with van der Waals surface area (Å²) < 4.78 is 0. The highest BCUT2D eigenvalue weighted by Gasteiger charge is 2.32. The molecule has 5 N–H and O–H groups in total. The van der Waals surface area contributed by atoms with Gasteiger partial charge in [-0.25, -0.2) is 4.79 Å². The van der Waals surface area contributed by atoms with Gasteiger partial charge >= 0.3 is 6.03 Å². The fourth-order valence-corrected chi connectivity index (χ4v) is 2.98. The first-order chi connectivity index (χ1) is 14.3. The predicted molar refractivity (Wildman–Crippen MR) is 104 cm³/mol. The number of hydrogen-bond acceptors (Lipinski definition) is 6. The van der Waals surface area contributed by atoms with Crippen molar-refractivity contribution < 1.29 is 24.4 Å². The third-order valence-corrected chi connectivity index (χ3v) is 4.37. The zero-order valence-electron chi connectivity index (χ0n) is 15.6. The van der Waals surface area contributed by atoms with Gasteiger partial charge in [0.05, 0.1) is 22.1 Å². The molecule has 0 saturated carbocycles. The number of hydrogen-bond donors (Lipinski definition) is 5. The highest BCUT2D eigenvalue weighted by Crippen LogP contribution is 2.28. The van der Waals surface area contributed by atoms with Crippen LogP contribution in [0.2, 0.25) is 0 Å². The van der Waals surface area contributed by atoms with Crippen LogP contribution in [0.4, 0.5) is 10.5 Å². The molecule has 4 amide bonds. The molecule has 11 nitrogen and oxygen atoms in total. The van der Waals surface area contributed by atoms with Crippen molar-refractivity contribution in [2.45, 2.75) is 13.0 Å². The van der Waals surface area contributed by atoms with Crippen LogP contribution >= 0.6 is 0 Å². The molecule has 3 rings (SSSR count). The summed E-state index contributed by atoms with van der Waals surface area (Å²) >= 11 is 0. The van der Waals surface area contributed by atoms with Crippen LogP contribution in [0.25, 0.3) is 0 Å². The maximum atomic E-state index is 12.8. The number of urea groups is 1. The summed E-state index contributed by atoms with van der Waals surface area (Å²) in [6.07, 6.45) is 0. The number of benzene rings is 2. The maximum absolute atomic E-state index is 12.8. The van der Waals surface area contributed by atoms with Gasteiger partial charge in [-0.1, -0.05) is 24.3 Å². The molecule has 0 fully saturated rings. The summed E-state index contributed by atoms with van der Waals surface area (Å²) in [6.45, 7) is 1.49. The molecular weight excluding hydrogens is 394 g/mol. The van der Waals surface area contributed by atoms with Gasteiger partial charge in [0.2, 0.25) is 0 Å². The molecule has 0 radical (unpaired) electrons. The number of carbonyl (C=O) groups is 3. The number of phenolic OH excluding ortho intramolecular Hbond substituents is 1. The van der Waals surface area contributed by atoms with Gasteiger partial charge in [-0.3, -0.25) is 30.6 Å². The number of carbonyl (C=O) groups excluding carboxylic acids is 3. The Morgan fingerprint density at radius 2 is 1.80 bits per heavy atom. The molecule has 11 heteroatoms. The molecule has 0 aromatic heterocycles. The first kappa shape index (κ1) is 20.3. The van der Waals surface area contributed by atoms with Crippen molar-refractivity contribution in [2.24, 2.45) is 0 Å². The lowest BCUT2D eigenvalue weighted by atomic mass is 9.94. The maximum Gasteiger partial charge on any atom is 0.319 e. The van der Waals surface area contributed by atoms with Crippen LogP contribution in [0.1, 0.15) is 28.9 Å². The van der Waals surface area contributed by atoms with Crippen molar-refractivity contribution in [2.75, 3.05) is 0 Å². The van der Waals surface area contributed by atoms with E-state index in [0.29, 0.717) is 5.56 Å². The van der Waals surface area contributed by atoms with Gasteiger partial charge in [0.1, 0.15) is 5.75 Å². The van der Waals surface area contributed by atoms with E-state index in [1.807, 2.05) is 0 Å². The molecule has 0 aliphatic carbocycles. The Kier molecular flexibility index (Phi) is 5.63. The molecule has 1 heterocycles. The SMILES string of the molecule is CC1=C(C(=O)NNC(=O)c2ccccc2O)C(c2cccc([N+](=O)[O-])c2)NC(=O)N1. The van der Waals surface area contributed by atoms with Crippen LogP contribution < -0.4 is 21.5 Å². The van der Waals surface area contributed by atoms with Crippen molar-refractivity contribution in [1.29, 1.82) is 0 Å². The number of rotatable bonds is 4. The summed E-state index contributed by atoms with van der Waals surface area (Å²) in [5.41, 5.74) is 4.74. The largest absolute Gasteiger partial charge is 0.507 e. The molecule has 1 unspecified atom stereocenters. The lowest BCUT2D eigenvalue weighted by molar-refractivity contribution is -0.384. The topological polar surface area (TPSA) is 163 Å². The second-order valence-electron chi connectivity index (χ2n) is 6.35. The molecule has 1 aliphatic rings. The summed E-state index contributed by atoms with van der Waals surface area (Å²) in [6, 6.07) is 9.71. The van der Waals surface area contributed by atoms with E-state index in [1.54, 1.807) is 12.1 Å². The van der Waals surface area contributed by atoms with E-state index in [9.17, 15) is 29.6 Å². The normalized spacial score (nSPS) is 15.6. The number of nitrogens with one attached hydrogen (secondary N) is 4. The Hall–Kier alpha value is -4.41. The fraction of sp³-hybridized carbons (Fsp3) is 0.105. The van der Waals surface area contributed by atoms with E-state index in [2.05, 4.69) is 21.5 Å². The zero-order valence-corrected chi connectivity index (χ0v) is 15.6. The van der Waals surface area contributed by atoms with Crippen LogP contribution in [-0.4, -0.2) is 27.9 Å². The second kappa shape index (κ2) is 8.31. The summed E-state index contributed by atoms with van der Waals surface area (Å²) in [5.74, 6) is -1.76. The number of aromatic hydroxyl groups is 1. The molecule has 1 atom stereocenters. The molecule has 0 bridgehead atoms. The summed E-state index contributed by atoms with van der Waals surface area (Å²) in [4.78, 5) is 47.4. The van der Waals surface area contributed by atoms with Gasteiger partial charge < -0.3 is 15.7 Å². The van der Waals surface area contributed by atoms with E-state index >= 15 is 0 Å². The van der Waals surface area contributed by atoms with Crippen LogP contribution in [0, 0.1) is 10.1 Å². The van der Waals surface area contributed by atoms with Gasteiger partial charge in [-0.2, -0.15) is 0 Å². The first-order valence-electron chi connectivity index (χ1n) is 8.69. The average Bonchev–Trinajstić information content (AvgIpc) is 2.71. The standard InChI is InChI=1S/C19H17N5O6/c1-10-15(18(27)23-22-17(26)13-7-2-3-8-14(13)25)16(21-19(28)20-10)11-5-4-6-12(9-11)24(29)30/h2-9,16,25H,1H3,(H,22,26)(H,23,27)(H2,20,21,28). The minimum atomic E-state index is -0.985. The van der Waals surface area contributed by atoms with E-state index < -0.39 is 28.8 Å². The Morgan fingerprint density at radius 1 is 1.10 bits per heavy atom. The number of para-hydroxylation sites is 1. The average molecular weight is 411 g/mol. The number of allylic oxidation sites excluding steroid dienone is 1. The Bertz CT molecular complexity index is 1080. The third-order valence-electron chi connectivity index (χ3n) is 4.37. The molecule has 1 aliphatic heterocycles. The van der Waals surface area contributed by atoms with Crippen LogP contribution in [0.3, 0.4) is 0 Å². The van der Waals surface area contributed by atoms with Crippen LogP contribution in [-0.2, 0) is 4.79 Å². The highest BCUT2D eigenvalue weighted by atomic mass is 16.6. The van der Waals surface area contributed by atoms with Crippen molar-refractivity contribution in [3.8, 4) is 5.75 Å². The van der Waals surface area contributed by atoms with Crippen molar-refractivity contribution in [3.63, 3.8) is 0 Å². The number of hydrazine groups is 1. The molecule has 2 aromatic rings. The smallest absolute Gasteiger partial charge is 0.319 e. The highest BCUT2D eigenvalue weighted by molar-refractivity contribution is 6.02. The second-order valence-corrected chi connectivity index (χ2v) is 6.35. The van der Waals surface area contributed by atoms with E-state index in [1.165, 1.54) is 43.3 Å². The molecular formula is C19H17N5O6. The number of amides is 4. The number of nitro benzene ring substituents is 1. The molecule has 2 aromatic carbocycles. The van der Waals surface area contributed by atoms with Crippen molar-refractivity contribution in [3.05, 3.63) is 81.0 Å². The Balaban J connectivity index is 1.84. The van der Waals surface area contributed by atoms with E-state index in [0.717, 1.165) is 0 Å². The molecule has 30 heavy (non-hydrogen) atoms. The van der Waals surface area contributed by atoms with E-state index in [-0.39, 0.29) is 28.3 Å². The molecule has 154 valence electrons. The van der Waals surface area contributed by atoms with Crippen LogP contribution in [0.15, 0.2) is 59.8 Å². The van der Waals surface area contributed by atoms with Gasteiger partial charge in [0.25, 0.3) is 17.5 Å².